The molecule has 24 heavy (non-hydrogen) atoms. The number of hydrogen-bond acceptors (Lipinski definition) is 5. The van der Waals surface area contributed by atoms with E-state index >= 15 is 0 Å². The van der Waals surface area contributed by atoms with Crippen LogP contribution in [0.3, 0.4) is 0 Å². The maximum absolute atomic E-state index is 11.9. The van der Waals surface area contributed by atoms with Crippen molar-refractivity contribution in [3.05, 3.63) is 60.3 Å². The summed E-state index contributed by atoms with van der Waals surface area (Å²) >= 11 is 0. The van der Waals surface area contributed by atoms with Gasteiger partial charge in [-0.2, -0.15) is 0 Å². The third-order valence-electron chi connectivity index (χ3n) is 3.65. The average Bonchev–Trinajstić information content (AvgIpc) is 2.59. The van der Waals surface area contributed by atoms with Gasteiger partial charge in [-0.05, 0) is 35.9 Å². The Morgan fingerprint density at radius 3 is 2.75 bits per heavy atom. The molecule has 1 atom stereocenters. The summed E-state index contributed by atoms with van der Waals surface area (Å²) in [7, 11) is -1.11. The van der Waals surface area contributed by atoms with Crippen LogP contribution in [0.5, 0.6) is 11.5 Å². The van der Waals surface area contributed by atoms with Gasteiger partial charge in [0.1, 0.15) is 18.1 Å². The summed E-state index contributed by atoms with van der Waals surface area (Å²) in [6, 6.07) is 14.6. The summed E-state index contributed by atoms with van der Waals surface area (Å²) < 4.78 is 30.7. The van der Waals surface area contributed by atoms with Gasteiger partial charge >= 0.3 is 0 Å². The van der Waals surface area contributed by atoms with Crippen LogP contribution in [0.4, 0.5) is 0 Å². The fraction of sp³-hybridized carbons (Fsp3) is 0.167. The average molecular weight is 342 g/mol. The second-order valence-electron chi connectivity index (χ2n) is 5.47. The van der Waals surface area contributed by atoms with Gasteiger partial charge in [-0.3, -0.25) is 4.98 Å². The molecular formula is C18H18N2O3S. The Morgan fingerprint density at radius 1 is 1.17 bits per heavy atom. The maximum atomic E-state index is 11.9. The Balaban J connectivity index is 1.86. The Kier molecular flexibility index (Phi) is 4.40. The van der Waals surface area contributed by atoms with Crippen LogP contribution in [0.1, 0.15) is 5.56 Å². The number of methoxy groups -OCH3 is 1. The van der Waals surface area contributed by atoms with Gasteiger partial charge in [-0.25, -0.2) is 8.99 Å². The zero-order valence-electron chi connectivity index (χ0n) is 13.5. The van der Waals surface area contributed by atoms with Crippen LogP contribution < -0.4 is 9.47 Å². The van der Waals surface area contributed by atoms with Crippen LogP contribution in [0, 0.1) is 4.78 Å². The van der Waals surface area contributed by atoms with E-state index in [2.05, 4.69) is 4.98 Å². The Morgan fingerprint density at radius 2 is 2.00 bits per heavy atom. The van der Waals surface area contributed by atoms with Crippen molar-refractivity contribution in [3.63, 3.8) is 0 Å². The summed E-state index contributed by atoms with van der Waals surface area (Å²) in [5, 5.41) is 0.897. The third kappa shape index (κ3) is 3.49. The Bertz CT molecular complexity index is 984. The summed E-state index contributed by atoms with van der Waals surface area (Å²) in [6.45, 7) is 0.328. The van der Waals surface area contributed by atoms with Crippen molar-refractivity contribution >= 4 is 20.6 Å². The van der Waals surface area contributed by atoms with E-state index in [0.717, 1.165) is 28.0 Å². The van der Waals surface area contributed by atoms with Crippen LogP contribution in [0.15, 0.2) is 59.6 Å². The van der Waals surface area contributed by atoms with E-state index in [1.54, 1.807) is 31.5 Å². The Hall–Kier alpha value is -2.60. The first-order chi connectivity index (χ1) is 11.5. The van der Waals surface area contributed by atoms with Crippen molar-refractivity contribution in [2.45, 2.75) is 11.5 Å². The molecule has 1 heterocycles. The highest BCUT2D eigenvalue weighted by Gasteiger charge is 2.07. The second kappa shape index (κ2) is 6.49. The number of rotatable bonds is 5. The van der Waals surface area contributed by atoms with E-state index in [9.17, 15) is 4.21 Å². The smallest absolute Gasteiger partial charge is 0.130 e. The van der Waals surface area contributed by atoms with Gasteiger partial charge in [0.15, 0.2) is 0 Å². The molecule has 0 radical (unpaired) electrons. The molecule has 3 rings (SSSR count). The van der Waals surface area contributed by atoms with Gasteiger partial charge in [0.25, 0.3) is 0 Å². The highest BCUT2D eigenvalue weighted by Crippen LogP contribution is 2.27. The number of nitrogens with one attached hydrogen (secondary N) is 1. The van der Waals surface area contributed by atoms with Crippen LogP contribution >= 0.6 is 0 Å². The molecule has 0 aliphatic heterocycles. The van der Waals surface area contributed by atoms with Gasteiger partial charge in [-0.15, -0.1) is 0 Å². The van der Waals surface area contributed by atoms with E-state index in [1.807, 2.05) is 30.3 Å². The van der Waals surface area contributed by atoms with Crippen LogP contribution in [-0.2, 0) is 16.3 Å². The third-order valence-corrected chi connectivity index (χ3v) is 4.81. The number of fused-ring (bicyclic) bond motifs is 1. The molecule has 3 aromatic rings. The second-order valence-corrected chi connectivity index (χ2v) is 7.63. The maximum Gasteiger partial charge on any atom is 0.130 e. The Labute approximate surface area is 141 Å². The fourth-order valence-electron chi connectivity index (χ4n) is 2.39. The van der Waals surface area contributed by atoms with Crippen molar-refractivity contribution < 1.29 is 13.7 Å². The highest BCUT2D eigenvalue weighted by molar-refractivity contribution is 7.91. The predicted molar refractivity (Wildman–Crippen MR) is 94.1 cm³/mol. The fourth-order valence-corrected chi connectivity index (χ4v) is 3.11. The number of ether oxygens (including phenoxy) is 2. The lowest BCUT2D eigenvalue weighted by molar-refractivity contribution is 0.309. The minimum atomic E-state index is -2.73. The molecule has 6 heteroatoms. The number of hydrogen-bond donors (Lipinski definition) is 1. The van der Waals surface area contributed by atoms with Crippen molar-refractivity contribution in [3.8, 4) is 11.5 Å². The van der Waals surface area contributed by atoms with E-state index in [1.165, 1.54) is 6.26 Å². The SMILES string of the molecule is COc1ccc2c(OCc3cccc(S(C)(=N)=O)c3)ccnc2c1. The lowest BCUT2D eigenvalue weighted by Crippen LogP contribution is -2.00. The topological polar surface area (TPSA) is 72.3 Å². The highest BCUT2D eigenvalue weighted by atomic mass is 32.2. The molecular weight excluding hydrogens is 324 g/mol. The first-order valence-electron chi connectivity index (χ1n) is 7.36. The molecule has 2 aromatic carbocycles. The largest absolute Gasteiger partial charge is 0.497 e. The molecule has 0 aliphatic carbocycles. The van der Waals surface area contributed by atoms with Crippen molar-refractivity contribution in [2.24, 2.45) is 0 Å². The van der Waals surface area contributed by atoms with Crippen LogP contribution in [0.25, 0.3) is 10.9 Å². The molecule has 1 N–H and O–H groups in total. The lowest BCUT2D eigenvalue weighted by atomic mass is 10.2. The molecule has 5 nitrogen and oxygen atoms in total. The van der Waals surface area contributed by atoms with E-state index < -0.39 is 9.73 Å². The van der Waals surface area contributed by atoms with Gasteiger partial charge in [-0.1, -0.05) is 12.1 Å². The first-order valence-corrected chi connectivity index (χ1v) is 9.32. The van der Waals surface area contributed by atoms with Crippen molar-refractivity contribution in [1.29, 1.82) is 4.78 Å². The first kappa shape index (κ1) is 16.3. The lowest BCUT2D eigenvalue weighted by Gasteiger charge is -2.11. The van der Waals surface area contributed by atoms with E-state index in [-0.39, 0.29) is 0 Å². The molecule has 0 bridgehead atoms. The van der Waals surface area contributed by atoms with Gasteiger partial charge in [0.05, 0.1) is 22.4 Å². The number of pyridine rings is 1. The number of nitrogens with zero attached hydrogens (tertiary/aromatic N) is 1. The molecule has 0 saturated heterocycles. The van der Waals surface area contributed by atoms with Gasteiger partial charge in [0, 0.05) is 28.8 Å². The molecule has 124 valence electrons. The zero-order chi connectivity index (χ0) is 17.2. The summed E-state index contributed by atoms with van der Waals surface area (Å²) in [6.07, 6.45) is 3.10. The summed E-state index contributed by atoms with van der Waals surface area (Å²) in [4.78, 5) is 4.84. The molecule has 1 aromatic heterocycles. The minimum absolute atomic E-state index is 0.328. The van der Waals surface area contributed by atoms with Crippen LogP contribution in [-0.4, -0.2) is 22.6 Å². The monoisotopic (exact) mass is 342 g/mol. The van der Waals surface area contributed by atoms with Crippen molar-refractivity contribution in [2.75, 3.05) is 13.4 Å². The molecule has 0 amide bonds. The van der Waals surface area contributed by atoms with Crippen molar-refractivity contribution in [1.82, 2.24) is 4.98 Å². The molecule has 0 saturated carbocycles. The zero-order valence-corrected chi connectivity index (χ0v) is 14.3. The molecule has 1 unspecified atom stereocenters. The summed E-state index contributed by atoms with van der Waals surface area (Å²) in [5.41, 5.74) is 1.66. The quantitative estimate of drug-likeness (QED) is 0.764. The van der Waals surface area contributed by atoms with Gasteiger partial charge < -0.3 is 9.47 Å². The van der Waals surface area contributed by atoms with E-state index in [4.69, 9.17) is 14.3 Å². The van der Waals surface area contributed by atoms with Gasteiger partial charge in [0.2, 0.25) is 0 Å². The predicted octanol–water partition coefficient (Wildman–Crippen LogP) is 3.86. The van der Waals surface area contributed by atoms with Crippen LogP contribution in [0.2, 0.25) is 0 Å². The minimum Gasteiger partial charge on any atom is -0.497 e. The molecule has 0 spiro atoms. The van der Waals surface area contributed by atoms with E-state index in [0.29, 0.717) is 11.5 Å². The normalized spacial score (nSPS) is 13.4. The number of benzene rings is 2. The summed E-state index contributed by atoms with van der Waals surface area (Å²) in [5.74, 6) is 1.46. The standard InChI is InChI=1S/C18H18N2O3S/c1-22-14-6-7-16-17(11-14)20-9-8-18(16)23-12-13-4-3-5-15(10-13)24(2,19)21/h3-11,19H,12H2,1-2H3. The molecule has 0 fully saturated rings. The number of aromatic nitrogens is 1. The molecule has 0 aliphatic rings.